The van der Waals surface area contributed by atoms with Crippen molar-refractivity contribution in [3.63, 3.8) is 0 Å². The molecular formula is C10H13N. The highest BCUT2D eigenvalue weighted by molar-refractivity contribution is 5.14. The average Bonchev–Trinajstić information content (AvgIpc) is 2.04. The van der Waals surface area contributed by atoms with E-state index in [0.29, 0.717) is 0 Å². The Morgan fingerprint density at radius 1 is 1.45 bits per heavy atom. The lowest BCUT2D eigenvalue weighted by molar-refractivity contribution is 1.09. The average molecular weight is 147 g/mol. The maximum Gasteiger partial charge on any atom is 0.0441 e. The smallest absolute Gasteiger partial charge is 0.0441 e. The molecule has 1 nitrogen and oxygen atoms in total. The molecule has 0 aromatic carbocycles. The van der Waals surface area contributed by atoms with Crippen LogP contribution in [0.4, 0.5) is 0 Å². The Balaban J connectivity index is 2.66. The number of rotatable bonds is 2. The van der Waals surface area contributed by atoms with Gasteiger partial charge in [0.15, 0.2) is 0 Å². The molecule has 0 saturated carbocycles. The lowest BCUT2D eigenvalue weighted by Gasteiger charge is -1.94. The summed E-state index contributed by atoms with van der Waals surface area (Å²) in [6, 6.07) is 4.15. The monoisotopic (exact) mass is 147 g/mol. The summed E-state index contributed by atoms with van der Waals surface area (Å²) in [4.78, 5) is 4.26. The Morgan fingerprint density at radius 2 is 2.27 bits per heavy atom. The first kappa shape index (κ1) is 7.99. The minimum atomic E-state index is 0.941. The summed E-state index contributed by atoms with van der Waals surface area (Å²) in [5.41, 5.74) is 2.35. The molecule has 0 bridgehead atoms. The van der Waals surface area contributed by atoms with Gasteiger partial charge in [0.25, 0.3) is 0 Å². The molecule has 1 heteroatoms. The van der Waals surface area contributed by atoms with Crippen LogP contribution < -0.4 is 0 Å². The van der Waals surface area contributed by atoms with Gasteiger partial charge in [-0.1, -0.05) is 18.2 Å². The van der Waals surface area contributed by atoms with Crippen LogP contribution in [0, 0.1) is 6.92 Å². The Bertz CT molecular complexity index is 234. The highest BCUT2D eigenvalue weighted by Gasteiger charge is 1.88. The van der Waals surface area contributed by atoms with E-state index in [1.165, 1.54) is 5.56 Å². The molecule has 1 rings (SSSR count). The number of pyridine rings is 1. The van der Waals surface area contributed by atoms with E-state index in [2.05, 4.69) is 23.2 Å². The molecule has 1 heterocycles. The Labute approximate surface area is 67.8 Å². The summed E-state index contributed by atoms with van der Waals surface area (Å²) >= 11 is 0. The second-order valence-corrected chi connectivity index (χ2v) is 2.60. The molecule has 11 heavy (non-hydrogen) atoms. The predicted molar refractivity (Wildman–Crippen MR) is 47.5 cm³/mol. The number of allylic oxidation sites excluding steroid dienone is 2. The molecule has 58 valence electrons. The van der Waals surface area contributed by atoms with E-state index in [9.17, 15) is 0 Å². The van der Waals surface area contributed by atoms with Gasteiger partial charge in [-0.2, -0.15) is 0 Å². The maximum absolute atomic E-state index is 4.26. The standard InChI is InChI=1S/C10H13N/c1-3-4-5-10-7-6-9(2)8-11-10/h3-4,6-8H,5H2,1-2H3/b4-3+. The van der Waals surface area contributed by atoms with Crippen molar-refractivity contribution in [2.45, 2.75) is 20.3 Å². The molecule has 0 fully saturated rings. The first-order valence-corrected chi connectivity index (χ1v) is 3.85. The highest BCUT2D eigenvalue weighted by atomic mass is 14.7. The van der Waals surface area contributed by atoms with E-state index in [4.69, 9.17) is 0 Å². The van der Waals surface area contributed by atoms with Gasteiger partial charge < -0.3 is 0 Å². The third kappa shape index (κ3) is 2.54. The SMILES string of the molecule is C/C=C/Cc1ccc(C)cn1. The van der Waals surface area contributed by atoms with Crippen molar-refractivity contribution in [1.82, 2.24) is 4.98 Å². The van der Waals surface area contributed by atoms with Crippen LogP contribution in [0.15, 0.2) is 30.5 Å². The molecule has 0 unspecified atom stereocenters. The van der Waals surface area contributed by atoms with Crippen molar-refractivity contribution >= 4 is 0 Å². The van der Waals surface area contributed by atoms with E-state index >= 15 is 0 Å². The van der Waals surface area contributed by atoms with E-state index in [0.717, 1.165) is 12.1 Å². The first-order valence-electron chi connectivity index (χ1n) is 3.85. The van der Waals surface area contributed by atoms with Crippen LogP contribution in [0.1, 0.15) is 18.2 Å². The number of hydrogen-bond acceptors (Lipinski definition) is 1. The summed E-state index contributed by atoms with van der Waals surface area (Å²) in [5, 5.41) is 0. The van der Waals surface area contributed by atoms with Crippen LogP contribution >= 0.6 is 0 Å². The van der Waals surface area contributed by atoms with Gasteiger partial charge in [-0.25, -0.2) is 0 Å². The van der Waals surface area contributed by atoms with Gasteiger partial charge in [0.1, 0.15) is 0 Å². The molecular weight excluding hydrogens is 134 g/mol. The zero-order valence-electron chi connectivity index (χ0n) is 7.04. The summed E-state index contributed by atoms with van der Waals surface area (Å²) in [6.07, 6.45) is 6.99. The third-order valence-corrected chi connectivity index (χ3v) is 1.54. The van der Waals surface area contributed by atoms with Crippen molar-refractivity contribution in [3.8, 4) is 0 Å². The van der Waals surface area contributed by atoms with Gasteiger partial charge in [0.05, 0.1) is 0 Å². The Morgan fingerprint density at radius 3 is 2.82 bits per heavy atom. The van der Waals surface area contributed by atoms with E-state index in [-0.39, 0.29) is 0 Å². The molecule has 0 spiro atoms. The number of aryl methyl sites for hydroxylation is 1. The highest BCUT2D eigenvalue weighted by Crippen LogP contribution is 1.99. The minimum absolute atomic E-state index is 0.941. The molecule has 0 aliphatic heterocycles. The largest absolute Gasteiger partial charge is 0.261 e. The summed E-state index contributed by atoms with van der Waals surface area (Å²) in [7, 11) is 0. The van der Waals surface area contributed by atoms with Gasteiger partial charge in [-0.05, 0) is 25.5 Å². The molecule has 0 radical (unpaired) electrons. The summed E-state index contributed by atoms with van der Waals surface area (Å²) in [5.74, 6) is 0. The van der Waals surface area contributed by atoms with E-state index in [1.54, 1.807) is 0 Å². The molecule has 0 aliphatic carbocycles. The Kier molecular flexibility index (Phi) is 2.84. The second-order valence-electron chi connectivity index (χ2n) is 2.60. The number of hydrogen-bond donors (Lipinski definition) is 0. The van der Waals surface area contributed by atoms with E-state index < -0.39 is 0 Å². The summed E-state index contributed by atoms with van der Waals surface area (Å²) in [6.45, 7) is 4.07. The maximum atomic E-state index is 4.26. The zero-order chi connectivity index (χ0) is 8.10. The van der Waals surface area contributed by atoms with Crippen molar-refractivity contribution in [3.05, 3.63) is 41.7 Å². The molecule has 0 atom stereocenters. The quantitative estimate of drug-likeness (QED) is 0.586. The molecule has 0 aliphatic rings. The first-order chi connectivity index (χ1) is 5.33. The number of nitrogens with zero attached hydrogens (tertiary/aromatic N) is 1. The van der Waals surface area contributed by atoms with Crippen LogP contribution in [-0.2, 0) is 6.42 Å². The van der Waals surface area contributed by atoms with Crippen LogP contribution in [-0.4, -0.2) is 4.98 Å². The normalized spacial score (nSPS) is 10.7. The molecule has 1 aromatic heterocycles. The lowest BCUT2D eigenvalue weighted by atomic mass is 10.2. The van der Waals surface area contributed by atoms with Crippen molar-refractivity contribution in [1.29, 1.82) is 0 Å². The van der Waals surface area contributed by atoms with Crippen molar-refractivity contribution < 1.29 is 0 Å². The van der Waals surface area contributed by atoms with Crippen LogP contribution in [0.3, 0.4) is 0 Å². The van der Waals surface area contributed by atoms with Gasteiger partial charge in [0, 0.05) is 18.3 Å². The lowest BCUT2D eigenvalue weighted by Crippen LogP contribution is -1.86. The van der Waals surface area contributed by atoms with Gasteiger partial charge in [-0.15, -0.1) is 0 Å². The van der Waals surface area contributed by atoms with Gasteiger partial charge in [-0.3, -0.25) is 4.98 Å². The van der Waals surface area contributed by atoms with Gasteiger partial charge in [0.2, 0.25) is 0 Å². The Hall–Kier alpha value is -1.11. The summed E-state index contributed by atoms with van der Waals surface area (Å²) < 4.78 is 0. The van der Waals surface area contributed by atoms with Crippen LogP contribution in [0.2, 0.25) is 0 Å². The van der Waals surface area contributed by atoms with Crippen LogP contribution in [0.5, 0.6) is 0 Å². The van der Waals surface area contributed by atoms with Crippen molar-refractivity contribution in [2.24, 2.45) is 0 Å². The van der Waals surface area contributed by atoms with E-state index in [1.807, 2.05) is 26.1 Å². The second kappa shape index (κ2) is 3.91. The minimum Gasteiger partial charge on any atom is -0.261 e. The number of aromatic nitrogens is 1. The molecule has 0 N–H and O–H groups in total. The molecule has 0 saturated heterocycles. The van der Waals surface area contributed by atoms with Crippen molar-refractivity contribution in [2.75, 3.05) is 0 Å². The van der Waals surface area contributed by atoms with Crippen LogP contribution in [0.25, 0.3) is 0 Å². The predicted octanol–water partition coefficient (Wildman–Crippen LogP) is 2.51. The van der Waals surface area contributed by atoms with Gasteiger partial charge >= 0.3 is 0 Å². The zero-order valence-corrected chi connectivity index (χ0v) is 7.04. The fraction of sp³-hybridized carbons (Fsp3) is 0.300. The fourth-order valence-electron chi connectivity index (χ4n) is 0.858. The molecule has 1 aromatic rings. The fourth-order valence-corrected chi connectivity index (χ4v) is 0.858. The third-order valence-electron chi connectivity index (χ3n) is 1.54. The topological polar surface area (TPSA) is 12.9 Å². The molecule has 0 amide bonds.